The fourth-order valence-corrected chi connectivity index (χ4v) is 10.8. The molecule has 6 aliphatic heterocycles. The van der Waals surface area contributed by atoms with Crippen molar-refractivity contribution in [1.29, 1.82) is 0 Å². The molecule has 2 N–H and O–H groups in total. The van der Waals surface area contributed by atoms with Crippen LogP contribution in [0.25, 0.3) is 0 Å². The Morgan fingerprint density at radius 1 is 0.817 bits per heavy atom. The Morgan fingerprint density at radius 2 is 1.58 bits per heavy atom. The highest BCUT2D eigenvalue weighted by atomic mass is 19.1. The number of amides is 3. The van der Waals surface area contributed by atoms with Crippen LogP contribution in [-0.2, 0) is 16.1 Å². The molecule has 1 spiro atoms. The largest absolute Gasteiger partial charge is 0.508 e. The van der Waals surface area contributed by atoms with Gasteiger partial charge in [-0.25, -0.2) is 13.2 Å². The van der Waals surface area contributed by atoms with E-state index in [2.05, 4.69) is 26.1 Å². The number of piperidine rings is 3. The number of ether oxygens (including phenoxy) is 1. The number of rotatable bonds is 7. The number of phenolic OH excluding ortho intramolecular Hbond substituents is 1. The minimum absolute atomic E-state index is 0.0133. The molecule has 4 fully saturated rings. The molecular formula is C47H48F3N5O5. The maximum Gasteiger partial charge on any atom is 0.255 e. The summed E-state index contributed by atoms with van der Waals surface area (Å²) in [6, 6.07) is 19.0. The van der Waals surface area contributed by atoms with Crippen molar-refractivity contribution in [3.63, 3.8) is 0 Å². The topological polar surface area (TPSA) is 106 Å². The van der Waals surface area contributed by atoms with Gasteiger partial charge in [0, 0.05) is 91.4 Å². The van der Waals surface area contributed by atoms with Gasteiger partial charge in [0.1, 0.15) is 35.0 Å². The molecular weight excluding hydrogens is 772 g/mol. The Bertz CT molecular complexity index is 2350. The van der Waals surface area contributed by atoms with E-state index in [9.17, 15) is 19.5 Å². The van der Waals surface area contributed by atoms with Crippen LogP contribution in [0.2, 0.25) is 0 Å². The number of phenols is 1. The second-order valence-corrected chi connectivity index (χ2v) is 17.8. The molecule has 0 aliphatic carbocycles. The van der Waals surface area contributed by atoms with Crippen LogP contribution in [-0.4, -0.2) is 91.1 Å². The highest BCUT2D eigenvalue weighted by Crippen LogP contribution is 2.49. The number of anilines is 2. The number of imide groups is 1. The minimum atomic E-state index is -0.739. The molecule has 6 heterocycles. The monoisotopic (exact) mass is 819 g/mol. The third kappa shape index (κ3) is 6.94. The van der Waals surface area contributed by atoms with Gasteiger partial charge >= 0.3 is 0 Å². The summed E-state index contributed by atoms with van der Waals surface area (Å²) in [6.45, 7) is 6.95. The van der Waals surface area contributed by atoms with E-state index in [-0.39, 0.29) is 47.4 Å². The van der Waals surface area contributed by atoms with Gasteiger partial charge in [-0.2, -0.15) is 0 Å². The SMILES string of the molecule is O=C1CCC(N2Cc3cc(N4CC5(CCN(CC6CCN(c7ccc([C@H]8c9ccc(O)cc9OC[C@H]8c8c(F)cccc8F)cc7F)CC6)CC5)C4)ccc3C2=O)C(=O)N1. The number of benzene rings is 4. The Hall–Kier alpha value is -5.56. The summed E-state index contributed by atoms with van der Waals surface area (Å²) in [7, 11) is 0. The average molecular weight is 820 g/mol. The van der Waals surface area contributed by atoms with Crippen molar-refractivity contribution in [3.05, 3.63) is 118 Å². The smallest absolute Gasteiger partial charge is 0.255 e. The summed E-state index contributed by atoms with van der Waals surface area (Å²) in [6.07, 6.45) is 4.79. The summed E-state index contributed by atoms with van der Waals surface area (Å²) in [5, 5.41) is 12.5. The molecule has 0 aromatic heterocycles. The lowest BCUT2D eigenvalue weighted by Gasteiger charge is -2.55. The van der Waals surface area contributed by atoms with E-state index in [1.807, 2.05) is 18.2 Å². The van der Waals surface area contributed by atoms with Crippen LogP contribution in [0.15, 0.2) is 72.8 Å². The molecule has 0 saturated carbocycles. The normalized spacial score (nSPS) is 24.2. The van der Waals surface area contributed by atoms with Crippen LogP contribution in [0.5, 0.6) is 11.5 Å². The molecule has 4 saturated heterocycles. The number of carbonyl (C=O) groups excluding carboxylic acids is 3. The molecule has 1 unspecified atom stereocenters. The van der Waals surface area contributed by atoms with Gasteiger partial charge in [-0.1, -0.05) is 18.2 Å². The first-order chi connectivity index (χ1) is 29.0. The van der Waals surface area contributed by atoms with Crippen molar-refractivity contribution in [1.82, 2.24) is 15.1 Å². The third-order valence-corrected chi connectivity index (χ3v) is 14.2. The highest BCUT2D eigenvalue weighted by molar-refractivity contribution is 6.05. The van der Waals surface area contributed by atoms with Crippen molar-refractivity contribution in [3.8, 4) is 11.5 Å². The van der Waals surface area contributed by atoms with Crippen LogP contribution < -0.4 is 19.9 Å². The molecule has 4 aromatic rings. The molecule has 10 nitrogen and oxygen atoms in total. The molecule has 6 aliphatic rings. The summed E-state index contributed by atoms with van der Waals surface area (Å²) >= 11 is 0. The second-order valence-electron chi connectivity index (χ2n) is 17.8. The Kier molecular flexibility index (Phi) is 9.76. The molecule has 10 rings (SSSR count). The van der Waals surface area contributed by atoms with Gasteiger partial charge < -0.3 is 29.4 Å². The maximum atomic E-state index is 16.1. The van der Waals surface area contributed by atoms with Crippen molar-refractivity contribution in [2.45, 2.75) is 62.9 Å². The van der Waals surface area contributed by atoms with Gasteiger partial charge in [-0.05, 0) is 111 Å². The maximum absolute atomic E-state index is 16.1. The van der Waals surface area contributed by atoms with E-state index in [0.717, 1.165) is 82.7 Å². The Morgan fingerprint density at radius 3 is 2.32 bits per heavy atom. The Labute approximate surface area is 346 Å². The number of fused-ring (bicyclic) bond motifs is 2. The van der Waals surface area contributed by atoms with Gasteiger partial charge in [0.25, 0.3) is 5.91 Å². The number of nitrogens with one attached hydrogen (secondary N) is 1. The van der Waals surface area contributed by atoms with E-state index < -0.39 is 35.4 Å². The number of halogens is 3. The first kappa shape index (κ1) is 38.6. The molecule has 3 amide bonds. The van der Waals surface area contributed by atoms with E-state index in [1.165, 1.54) is 36.4 Å². The summed E-state index contributed by atoms with van der Waals surface area (Å²) in [4.78, 5) is 46.0. The number of hydrogen-bond acceptors (Lipinski definition) is 8. The average Bonchev–Trinajstić information content (AvgIpc) is 3.55. The lowest BCUT2D eigenvalue weighted by molar-refractivity contribution is -0.136. The van der Waals surface area contributed by atoms with Crippen LogP contribution in [0.4, 0.5) is 24.5 Å². The number of aromatic hydroxyl groups is 1. The predicted molar refractivity (Wildman–Crippen MR) is 219 cm³/mol. The van der Waals surface area contributed by atoms with E-state index in [1.54, 1.807) is 17.0 Å². The molecule has 0 radical (unpaired) electrons. The zero-order chi connectivity index (χ0) is 41.3. The van der Waals surface area contributed by atoms with Crippen LogP contribution in [0.1, 0.15) is 83.0 Å². The predicted octanol–water partition coefficient (Wildman–Crippen LogP) is 6.70. The summed E-state index contributed by atoms with van der Waals surface area (Å²) < 4.78 is 52.2. The van der Waals surface area contributed by atoms with Crippen molar-refractivity contribution >= 4 is 29.1 Å². The molecule has 0 bridgehead atoms. The highest BCUT2D eigenvalue weighted by Gasteiger charge is 2.46. The van der Waals surface area contributed by atoms with E-state index in [4.69, 9.17) is 4.74 Å². The Balaban J connectivity index is 0.728. The van der Waals surface area contributed by atoms with Crippen LogP contribution in [0.3, 0.4) is 0 Å². The van der Waals surface area contributed by atoms with Crippen molar-refractivity contribution in [2.75, 3.05) is 62.2 Å². The number of carbonyl (C=O) groups is 3. The molecule has 4 aromatic carbocycles. The fraction of sp³-hybridized carbons (Fsp3) is 0.426. The first-order valence-corrected chi connectivity index (χ1v) is 21.2. The van der Waals surface area contributed by atoms with Gasteiger partial charge in [-0.3, -0.25) is 19.7 Å². The zero-order valence-corrected chi connectivity index (χ0v) is 33.3. The molecule has 60 heavy (non-hydrogen) atoms. The molecule has 3 atom stereocenters. The van der Waals surface area contributed by atoms with Gasteiger partial charge in [0.2, 0.25) is 11.8 Å². The summed E-state index contributed by atoms with van der Waals surface area (Å²) in [5.41, 5.74) is 4.62. The summed E-state index contributed by atoms with van der Waals surface area (Å²) in [5.74, 6) is -2.94. The minimum Gasteiger partial charge on any atom is -0.508 e. The van der Waals surface area contributed by atoms with Crippen molar-refractivity contribution < 1.29 is 37.4 Å². The number of hydrogen-bond donors (Lipinski definition) is 2. The second kappa shape index (κ2) is 15.2. The lowest BCUT2D eigenvalue weighted by atomic mass is 9.71. The molecule has 312 valence electrons. The van der Waals surface area contributed by atoms with E-state index >= 15 is 13.2 Å². The number of nitrogens with zero attached hydrogens (tertiary/aromatic N) is 4. The lowest BCUT2D eigenvalue weighted by Crippen LogP contribution is -2.60. The van der Waals surface area contributed by atoms with Crippen molar-refractivity contribution in [2.24, 2.45) is 11.3 Å². The van der Waals surface area contributed by atoms with Gasteiger partial charge in [0.15, 0.2) is 0 Å². The van der Waals surface area contributed by atoms with Crippen LogP contribution in [0, 0.1) is 28.8 Å². The van der Waals surface area contributed by atoms with Crippen LogP contribution >= 0.6 is 0 Å². The standard InChI is InChI=1S/C47H48F3N5O5/c48-36-2-1-3-37(49)44(36)35-25-60-41-22-32(56)6-8-34(41)43(35)29-4-9-39(38(50)21-29)53-16-12-28(13-17-53)23-52-18-14-47(15-19-52)26-54(27-47)31-5-7-33-30(20-31)24-55(46(33)59)40-10-11-42(57)51-45(40)58/h1-9,20-22,28,35,40,43,56H,10-19,23-27H2,(H,51,57,58)/t35-,40?,43+/m1/s1. The fourth-order valence-electron chi connectivity index (χ4n) is 10.8. The third-order valence-electron chi connectivity index (χ3n) is 14.2. The van der Waals surface area contributed by atoms with E-state index in [0.29, 0.717) is 47.0 Å². The quantitative estimate of drug-likeness (QED) is 0.199. The zero-order valence-electron chi connectivity index (χ0n) is 33.3. The first-order valence-electron chi connectivity index (χ1n) is 21.2. The van der Waals surface area contributed by atoms with Gasteiger partial charge in [0.05, 0.1) is 12.3 Å². The molecule has 13 heteroatoms. The van der Waals surface area contributed by atoms with Gasteiger partial charge in [-0.15, -0.1) is 0 Å². The number of likely N-dealkylation sites (tertiary alicyclic amines) is 1.